The van der Waals surface area contributed by atoms with Crippen molar-refractivity contribution in [1.29, 1.82) is 0 Å². The summed E-state index contributed by atoms with van der Waals surface area (Å²) in [7, 11) is 1.52. The molecular weight excluding hydrogens is 558 g/mol. The Hall–Kier alpha value is -1.88. The van der Waals surface area contributed by atoms with Crippen molar-refractivity contribution >= 4 is 68.1 Å². The second-order valence-electron chi connectivity index (χ2n) is 5.42. The van der Waals surface area contributed by atoms with E-state index in [1.807, 2.05) is 59.0 Å². The number of ether oxygens (including phenoxy) is 1. The number of carbonyl (C=O) groups is 1. The number of nitrogens with one attached hydrogen (secondary N) is 1. The lowest BCUT2D eigenvalue weighted by Crippen LogP contribution is -2.18. The van der Waals surface area contributed by atoms with E-state index in [1.54, 1.807) is 12.1 Å². The van der Waals surface area contributed by atoms with E-state index in [9.17, 15) is 9.90 Å². The number of phenolic OH excluding ortho intramolecular Hbond substituents is 1. The van der Waals surface area contributed by atoms with Crippen LogP contribution in [-0.2, 0) is 0 Å². The van der Waals surface area contributed by atoms with E-state index >= 15 is 0 Å². The highest BCUT2D eigenvalue weighted by Crippen LogP contribution is 2.27. The molecule has 0 radical (unpaired) electrons. The average molecular weight is 572 g/mol. The maximum absolute atomic E-state index is 12.5. The second kappa shape index (κ2) is 8.21. The monoisotopic (exact) mass is 572 g/mol. The van der Waals surface area contributed by atoms with Crippen LogP contribution in [-0.4, -0.2) is 24.3 Å². The first kappa shape index (κ1) is 18.9. The Morgan fingerprint density at radius 3 is 2.54 bits per heavy atom. The second-order valence-corrected chi connectivity index (χ2v) is 7.83. The van der Waals surface area contributed by atoms with Crippen LogP contribution in [0, 0.1) is 7.14 Å². The number of methoxy groups -OCH3 is 1. The zero-order valence-corrected chi connectivity index (χ0v) is 18.0. The summed E-state index contributed by atoms with van der Waals surface area (Å²) in [5, 5.41) is 16.0. The fourth-order valence-electron chi connectivity index (χ4n) is 2.47. The molecule has 7 heteroatoms. The number of carbonyl (C=O) groups excluding carboxylic acids is 1. The van der Waals surface area contributed by atoms with Crippen molar-refractivity contribution in [3.8, 4) is 11.5 Å². The highest BCUT2D eigenvalue weighted by atomic mass is 127. The van der Waals surface area contributed by atoms with Crippen LogP contribution >= 0.6 is 45.2 Å². The third-order valence-electron chi connectivity index (χ3n) is 3.74. The van der Waals surface area contributed by atoms with Gasteiger partial charge in [0.1, 0.15) is 11.5 Å². The smallest absolute Gasteiger partial charge is 0.275 e. The fraction of sp³-hybridized carbons (Fsp3) is 0.0526. The summed E-state index contributed by atoms with van der Waals surface area (Å²) in [5.41, 5.74) is 3.42. The topological polar surface area (TPSA) is 70.9 Å². The molecule has 5 nitrogen and oxygen atoms in total. The molecular formula is C19H14I2N2O3. The predicted octanol–water partition coefficient (Wildman–Crippen LogP) is 4.53. The van der Waals surface area contributed by atoms with E-state index in [1.165, 1.54) is 13.3 Å². The Balaban J connectivity index is 1.85. The molecule has 0 aliphatic rings. The summed E-state index contributed by atoms with van der Waals surface area (Å²) in [4.78, 5) is 12.5. The van der Waals surface area contributed by atoms with Gasteiger partial charge in [0.05, 0.1) is 22.5 Å². The highest BCUT2D eigenvalue weighted by Gasteiger charge is 2.13. The van der Waals surface area contributed by atoms with Crippen LogP contribution in [0.2, 0.25) is 0 Å². The molecule has 0 unspecified atom stereocenters. The van der Waals surface area contributed by atoms with Crippen LogP contribution in [0.3, 0.4) is 0 Å². The Kier molecular flexibility index (Phi) is 5.97. The number of phenols is 1. The molecule has 0 spiro atoms. The molecule has 0 bridgehead atoms. The van der Waals surface area contributed by atoms with Gasteiger partial charge in [-0.1, -0.05) is 24.3 Å². The first-order valence-electron chi connectivity index (χ1n) is 7.58. The zero-order valence-electron chi connectivity index (χ0n) is 13.7. The van der Waals surface area contributed by atoms with Gasteiger partial charge in [0.15, 0.2) is 0 Å². The minimum atomic E-state index is -0.385. The van der Waals surface area contributed by atoms with Crippen molar-refractivity contribution in [2.75, 3.05) is 7.11 Å². The van der Waals surface area contributed by atoms with Gasteiger partial charge in [-0.3, -0.25) is 4.79 Å². The lowest BCUT2D eigenvalue weighted by atomic mass is 10.1. The van der Waals surface area contributed by atoms with Crippen molar-refractivity contribution in [3.05, 3.63) is 66.8 Å². The van der Waals surface area contributed by atoms with Crippen molar-refractivity contribution in [1.82, 2.24) is 5.43 Å². The number of fused-ring (bicyclic) bond motifs is 1. The number of hydrazone groups is 1. The standard InChI is InChI=1S/C19H14I2N2O3/c1-26-17-8-12-5-3-2-4-11(12)7-15(17)19(25)23-22-10-13-6-14(20)9-16(21)18(13)24/h2-10,24H,1H3,(H,23,25)/b22-10-. The van der Waals surface area contributed by atoms with Gasteiger partial charge >= 0.3 is 0 Å². The van der Waals surface area contributed by atoms with Crippen LogP contribution in [0.15, 0.2) is 53.6 Å². The molecule has 1 amide bonds. The molecule has 3 aromatic carbocycles. The lowest BCUT2D eigenvalue weighted by Gasteiger charge is -2.09. The molecule has 0 aliphatic heterocycles. The fourth-order valence-corrected chi connectivity index (χ4v) is 4.36. The van der Waals surface area contributed by atoms with Crippen molar-refractivity contribution in [2.45, 2.75) is 0 Å². The highest BCUT2D eigenvalue weighted by molar-refractivity contribution is 14.1. The summed E-state index contributed by atoms with van der Waals surface area (Å²) in [6, 6.07) is 15.0. The van der Waals surface area contributed by atoms with Gasteiger partial charge in [-0.05, 0) is 80.2 Å². The molecule has 0 aliphatic carbocycles. The quantitative estimate of drug-likeness (QED) is 0.275. The summed E-state index contributed by atoms with van der Waals surface area (Å²) in [6.07, 6.45) is 1.42. The van der Waals surface area contributed by atoms with Gasteiger partial charge in [-0.2, -0.15) is 5.10 Å². The number of amides is 1. The molecule has 132 valence electrons. The number of halogens is 2. The number of nitrogens with zero attached hydrogens (tertiary/aromatic N) is 1. The van der Waals surface area contributed by atoms with E-state index in [0.717, 1.165) is 17.9 Å². The third kappa shape index (κ3) is 4.09. The minimum absolute atomic E-state index is 0.132. The Morgan fingerprint density at radius 1 is 1.15 bits per heavy atom. The number of aromatic hydroxyl groups is 1. The van der Waals surface area contributed by atoms with Crippen LogP contribution in [0.5, 0.6) is 11.5 Å². The number of hydrogen-bond acceptors (Lipinski definition) is 4. The van der Waals surface area contributed by atoms with Crippen LogP contribution in [0.1, 0.15) is 15.9 Å². The molecule has 0 saturated heterocycles. The Morgan fingerprint density at radius 2 is 1.85 bits per heavy atom. The largest absolute Gasteiger partial charge is 0.506 e. The van der Waals surface area contributed by atoms with E-state index in [0.29, 0.717) is 16.9 Å². The third-order valence-corrected chi connectivity index (χ3v) is 5.18. The molecule has 3 rings (SSSR count). The number of hydrogen-bond donors (Lipinski definition) is 2. The van der Waals surface area contributed by atoms with Gasteiger partial charge in [0.2, 0.25) is 0 Å². The van der Waals surface area contributed by atoms with Crippen molar-refractivity contribution in [2.24, 2.45) is 5.10 Å². The normalized spacial score (nSPS) is 11.0. The van der Waals surface area contributed by atoms with Gasteiger partial charge < -0.3 is 9.84 Å². The summed E-state index contributed by atoms with van der Waals surface area (Å²) >= 11 is 4.20. The minimum Gasteiger partial charge on any atom is -0.506 e. The first-order chi connectivity index (χ1) is 12.5. The van der Waals surface area contributed by atoms with Crippen LogP contribution in [0.25, 0.3) is 10.8 Å². The maximum atomic E-state index is 12.5. The number of rotatable bonds is 4. The van der Waals surface area contributed by atoms with E-state index in [-0.39, 0.29) is 11.7 Å². The Bertz CT molecular complexity index is 1020. The van der Waals surface area contributed by atoms with E-state index in [2.05, 4.69) is 33.1 Å². The van der Waals surface area contributed by atoms with Crippen molar-refractivity contribution in [3.63, 3.8) is 0 Å². The molecule has 3 aromatic rings. The first-order valence-corrected chi connectivity index (χ1v) is 9.73. The van der Waals surface area contributed by atoms with E-state index in [4.69, 9.17) is 4.74 Å². The molecule has 0 saturated carbocycles. The molecule has 0 aromatic heterocycles. The molecule has 2 N–H and O–H groups in total. The summed E-state index contributed by atoms with van der Waals surface area (Å²) < 4.78 is 7.02. The molecule has 0 heterocycles. The number of benzene rings is 3. The average Bonchev–Trinajstić information content (AvgIpc) is 2.64. The molecule has 0 atom stereocenters. The molecule has 26 heavy (non-hydrogen) atoms. The summed E-state index contributed by atoms with van der Waals surface area (Å²) in [5.74, 6) is 0.221. The SMILES string of the molecule is COc1cc2ccccc2cc1C(=O)N/N=C\c1cc(I)cc(I)c1O. The predicted molar refractivity (Wildman–Crippen MR) is 119 cm³/mol. The van der Waals surface area contributed by atoms with Crippen LogP contribution in [0.4, 0.5) is 0 Å². The maximum Gasteiger partial charge on any atom is 0.275 e. The Labute approximate surface area is 177 Å². The summed E-state index contributed by atoms with van der Waals surface area (Å²) in [6.45, 7) is 0. The van der Waals surface area contributed by atoms with Gasteiger partial charge in [-0.15, -0.1) is 0 Å². The van der Waals surface area contributed by atoms with Gasteiger partial charge in [-0.25, -0.2) is 5.43 Å². The molecule has 0 fully saturated rings. The zero-order chi connectivity index (χ0) is 18.7. The van der Waals surface area contributed by atoms with E-state index < -0.39 is 0 Å². The van der Waals surface area contributed by atoms with Gasteiger partial charge in [0, 0.05) is 9.13 Å². The van der Waals surface area contributed by atoms with Crippen molar-refractivity contribution < 1.29 is 14.6 Å². The van der Waals surface area contributed by atoms with Gasteiger partial charge in [0.25, 0.3) is 5.91 Å². The lowest BCUT2D eigenvalue weighted by molar-refractivity contribution is 0.0952. The van der Waals surface area contributed by atoms with Crippen LogP contribution < -0.4 is 10.2 Å².